The van der Waals surface area contributed by atoms with Crippen LogP contribution in [0, 0.1) is 0 Å². The summed E-state index contributed by atoms with van der Waals surface area (Å²) in [6, 6.07) is 7.33. The van der Waals surface area contributed by atoms with Crippen LogP contribution < -0.4 is 10.1 Å². The van der Waals surface area contributed by atoms with E-state index in [2.05, 4.69) is 32.1 Å². The van der Waals surface area contributed by atoms with Crippen LogP contribution in [0.3, 0.4) is 0 Å². The lowest BCUT2D eigenvalue weighted by molar-refractivity contribution is -0.113. The molecule has 0 atom stereocenters. The van der Waals surface area contributed by atoms with E-state index in [-0.39, 0.29) is 11.7 Å². The van der Waals surface area contributed by atoms with E-state index >= 15 is 0 Å². The molecular formula is C19H20N6O2S. The lowest BCUT2D eigenvalue weighted by Crippen LogP contribution is -2.15. The first kappa shape index (κ1) is 19.6. The Balaban J connectivity index is 1.70. The zero-order chi connectivity index (χ0) is 19.8. The number of nitrogens with zero attached hydrogens (tertiary/aromatic N) is 5. The molecule has 9 heteroatoms. The molecule has 3 rings (SSSR count). The molecule has 0 radical (unpaired) electrons. The molecule has 8 nitrogen and oxygen atoms in total. The van der Waals surface area contributed by atoms with Crippen molar-refractivity contribution in [1.29, 1.82) is 0 Å². The average Bonchev–Trinajstić information content (AvgIpc) is 3.12. The molecule has 2 heterocycles. The van der Waals surface area contributed by atoms with Crippen LogP contribution in [0.4, 0.5) is 5.69 Å². The van der Waals surface area contributed by atoms with Crippen LogP contribution in [0.2, 0.25) is 0 Å². The third-order valence-corrected chi connectivity index (χ3v) is 4.58. The topological polar surface area (TPSA) is 94.8 Å². The Morgan fingerprint density at radius 3 is 2.93 bits per heavy atom. The van der Waals surface area contributed by atoms with Gasteiger partial charge in [0.2, 0.25) is 5.91 Å². The lowest BCUT2D eigenvalue weighted by Gasteiger charge is -2.11. The van der Waals surface area contributed by atoms with Gasteiger partial charge in [0, 0.05) is 18.9 Å². The second-order valence-corrected chi connectivity index (χ2v) is 6.50. The summed E-state index contributed by atoms with van der Waals surface area (Å²) in [5.41, 5.74) is 1.25. The number of thioether (sulfide) groups is 1. The normalized spacial score (nSPS) is 10.5. The fraction of sp³-hybridized carbons (Fsp3) is 0.211. The highest BCUT2D eigenvalue weighted by atomic mass is 32.2. The summed E-state index contributed by atoms with van der Waals surface area (Å²) in [5.74, 6) is 1.24. The molecule has 0 aliphatic heterocycles. The quantitative estimate of drug-likeness (QED) is 0.439. The fourth-order valence-corrected chi connectivity index (χ4v) is 3.21. The number of carbonyl (C=O) groups excluding carboxylic acids is 1. The molecule has 0 fully saturated rings. The predicted octanol–water partition coefficient (Wildman–Crippen LogP) is 3.05. The van der Waals surface area contributed by atoms with Crippen molar-refractivity contribution in [3.8, 4) is 17.3 Å². The van der Waals surface area contributed by atoms with Crippen molar-refractivity contribution >= 4 is 23.4 Å². The Hall–Kier alpha value is -3.20. The predicted molar refractivity (Wildman–Crippen MR) is 108 cm³/mol. The van der Waals surface area contributed by atoms with Gasteiger partial charge in [-0.1, -0.05) is 30.0 Å². The minimum absolute atomic E-state index is 0.161. The molecule has 2 aromatic heterocycles. The Morgan fingerprint density at radius 1 is 1.32 bits per heavy atom. The van der Waals surface area contributed by atoms with Gasteiger partial charge in [0.05, 0.1) is 24.2 Å². The van der Waals surface area contributed by atoms with Gasteiger partial charge < -0.3 is 10.1 Å². The summed E-state index contributed by atoms with van der Waals surface area (Å²) in [6.07, 6.45) is 6.55. The molecule has 0 spiro atoms. The third-order valence-electron chi connectivity index (χ3n) is 3.61. The molecule has 1 amide bonds. The SMILES string of the molecule is C=CCn1c(SCC(=O)Nc2ccccc2OCC)nnc1-c1cnccn1. The van der Waals surface area contributed by atoms with Crippen molar-refractivity contribution in [2.24, 2.45) is 0 Å². The zero-order valence-electron chi connectivity index (χ0n) is 15.4. The number of hydrogen-bond acceptors (Lipinski definition) is 7. The van der Waals surface area contributed by atoms with Crippen LogP contribution in [0.5, 0.6) is 5.75 Å². The standard InChI is InChI=1S/C19H20N6O2S/c1-3-11-25-18(15-12-20-9-10-21-15)23-24-19(25)28-13-17(26)22-14-7-5-6-8-16(14)27-4-2/h3,5-10,12H,1,4,11,13H2,2H3,(H,22,26). The van der Waals surface area contributed by atoms with Crippen molar-refractivity contribution in [3.63, 3.8) is 0 Å². The summed E-state index contributed by atoms with van der Waals surface area (Å²) in [4.78, 5) is 20.7. The first-order valence-electron chi connectivity index (χ1n) is 8.68. The molecular weight excluding hydrogens is 376 g/mol. The number of para-hydroxylation sites is 2. The Morgan fingerprint density at radius 2 is 2.18 bits per heavy atom. The summed E-state index contributed by atoms with van der Waals surface area (Å²) in [6.45, 7) is 6.69. The number of rotatable bonds is 9. The molecule has 3 aromatic rings. The number of aromatic nitrogens is 5. The highest BCUT2D eigenvalue weighted by Crippen LogP contribution is 2.25. The molecule has 0 unspecified atom stereocenters. The third kappa shape index (κ3) is 4.74. The highest BCUT2D eigenvalue weighted by Gasteiger charge is 2.16. The molecule has 0 aliphatic rings. The number of anilines is 1. The van der Waals surface area contributed by atoms with Gasteiger partial charge in [0.15, 0.2) is 11.0 Å². The van der Waals surface area contributed by atoms with Crippen molar-refractivity contribution in [1.82, 2.24) is 24.7 Å². The maximum absolute atomic E-state index is 12.4. The lowest BCUT2D eigenvalue weighted by atomic mass is 10.3. The van der Waals surface area contributed by atoms with Crippen LogP contribution >= 0.6 is 11.8 Å². The van der Waals surface area contributed by atoms with Gasteiger partial charge in [-0.05, 0) is 19.1 Å². The van der Waals surface area contributed by atoms with Gasteiger partial charge in [0.1, 0.15) is 11.4 Å². The number of benzene rings is 1. The molecule has 28 heavy (non-hydrogen) atoms. The molecule has 1 aromatic carbocycles. The van der Waals surface area contributed by atoms with E-state index in [0.29, 0.717) is 41.3 Å². The Kier molecular flexibility index (Phi) is 6.74. The first-order valence-corrected chi connectivity index (χ1v) is 9.66. The molecule has 0 aliphatic carbocycles. The van der Waals surface area contributed by atoms with E-state index in [1.54, 1.807) is 30.7 Å². The summed E-state index contributed by atoms with van der Waals surface area (Å²) in [5, 5.41) is 11.9. The average molecular weight is 396 g/mol. The van der Waals surface area contributed by atoms with Gasteiger partial charge in [-0.3, -0.25) is 14.3 Å². The molecule has 144 valence electrons. The van der Waals surface area contributed by atoms with E-state index in [1.807, 2.05) is 29.7 Å². The van der Waals surface area contributed by atoms with E-state index < -0.39 is 0 Å². The van der Waals surface area contributed by atoms with Crippen LogP contribution in [0.1, 0.15) is 6.92 Å². The highest BCUT2D eigenvalue weighted by molar-refractivity contribution is 7.99. The Labute approximate surface area is 167 Å². The van der Waals surface area contributed by atoms with E-state index in [4.69, 9.17) is 4.74 Å². The van der Waals surface area contributed by atoms with Crippen LogP contribution in [0.25, 0.3) is 11.5 Å². The van der Waals surface area contributed by atoms with Crippen molar-refractivity contribution in [2.45, 2.75) is 18.6 Å². The largest absolute Gasteiger partial charge is 0.492 e. The number of amides is 1. The van der Waals surface area contributed by atoms with Gasteiger partial charge in [-0.15, -0.1) is 16.8 Å². The van der Waals surface area contributed by atoms with Crippen molar-refractivity contribution in [2.75, 3.05) is 17.7 Å². The summed E-state index contributed by atoms with van der Waals surface area (Å²) < 4.78 is 7.38. The zero-order valence-corrected chi connectivity index (χ0v) is 16.2. The van der Waals surface area contributed by atoms with E-state index in [9.17, 15) is 4.79 Å². The monoisotopic (exact) mass is 396 g/mol. The maximum Gasteiger partial charge on any atom is 0.234 e. The first-order chi connectivity index (χ1) is 13.7. The number of ether oxygens (including phenoxy) is 1. The van der Waals surface area contributed by atoms with Crippen LogP contribution in [-0.2, 0) is 11.3 Å². The number of hydrogen-bond donors (Lipinski definition) is 1. The minimum atomic E-state index is -0.161. The van der Waals surface area contributed by atoms with Crippen LogP contribution in [0.15, 0.2) is 60.7 Å². The van der Waals surface area contributed by atoms with Gasteiger partial charge in [-0.2, -0.15) is 0 Å². The van der Waals surface area contributed by atoms with Gasteiger partial charge in [-0.25, -0.2) is 4.98 Å². The Bertz CT molecular complexity index is 945. The smallest absolute Gasteiger partial charge is 0.234 e. The van der Waals surface area contributed by atoms with Crippen molar-refractivity contribution < 1.29 is 9.53 Å². The fourth-order valence-electron chi connectivity index (χ4n) is 2.46. The maximum atomic E-state index is 12.4. The van der Waals surface area contributed by atoms with E-state index in [1.165, 1.54) is 11.8 Å². The van der Waals surface area contributed by atoms with Gasteiger partial charge >= 0.3 is 0 Å². The molecule has 0 saturated heterocycles. The number of allylic oxidation sites excluding steroid dienone is 1. The molecule has 0 saturated carbocycles. The molecule has 1 N–H and O–H groups in total. The van der Waals surface area contributed by atoms with E-state index in [0.717, 1.165) is 0 Å². The van der Waals surface area contributed by atoms with Crippen LogP contribution in [-0.4, -0.2) is 43.0 Å². The summed E-state index contributed by atoms with van der Waals surface area (Å²) in [7, 11) is 0. The second-order valence-electron chi connectivity index (χ2n) is 5.56. The second kappa shape index (κ2) is 9.65. The van der Waals surface area contributed by atoms with Gasteiger partial charge in [0.25, 0.3) is 0 Å². The number of carbonyl (C=O) groups is 1. The minimum Gasteiger partial charge on any atom is -0.492 e. The number of nitrogens with one attached hydrogen (secondary N) is 1. The van der Waals surface area contributed by atoms with Crippen molar-refractivity contribution in [3.05, 3.63) is 55.5 Å². The molecule has 0 bridgehead atoms. The summed E-state index contributed by atoms with van der Waals surface area (Å²) >= 11 is 1.29.